The monoisotopic (exact) mass is 363 g/mol. The fourth-order valence-electron chi connectivity index (χ4n) is 2.76. The number of carbonyl (C=O) groups is 1. The van der Waals surface area contributed by atoms with Crippen LogP contribution in [-0.2, 0) is 6.42 Å². The van der Waals surface area contributed by atoms with Gasteiger partial charge >= 0.3 is 6.09 Å². The summed E-state index contributed by atoms with van der Waals surface area (Å²) in [6.45, 7) is 0.333. The van der Waals surface area contributed by atoms with E-state index in [0.29, 0.717) is 24.2 Å². The van der Waals surface area contributed by atoms with E-state index in [2.05, 4.69) is 10.3 Å². The minimum atomic E-state index is -1.05. The molecular formula is C20H17N3O4. The van der Waals surface area contributed by atoms with Crippen LogP contribution in [-0.4, -0.2) is 27.7 Å². The van der Waals surface area contributed by atoms with Crippen LogP contribution in [0.4, 0.5) is 10.5 Å². The lowest BCUT2D eigenvalue weighted by molar-refractivity contribution is -0.385. The number of hydrogen-bond acceptors (Lipinski definition) is 4. The summed E-state index contributed by atoms with van der Waals surface area (Å²) in [6, 6.07) is 18.5. The second-order valence-electron chi connectivity index (χ2n) is 5.89. The zero-order valence-corrected chi connectivity index (χ0v) is 14.3. The second-order valence-corrected chi connectivity index (χ2v) is 5.89. The molecule has 7 heteroatoms. The van der Waals surface area contributed by atoms with Gasteiger partial charge in [0.25, 0.3) is 5.69 Å². The Bertz CT molecular complexity index is 957. The van der Waals surface area contributed by atoms with Gasteiger partial charge in [-0.05, 0) is 17.5 Å². The average molecular weight is 363 g/mol. The van der Waals surface area contributed by atoms with Crippen molar-refractivity contribution in [3.8, 4) is 22.4 Å². The predicted octanol–water partition coefficient (Wildman–Crippen LogP) is 4.13. The Morgan fingerprint density at radius 3 is 2.41 bits per heavy atom. The van der Waals surface area contributed by atoms with Crippen LogP contribution in [0.1, 0.15) is 5.56 Å². The summed E-state index contributed by atoms with van der Waals surface area (Å²) in [7, 11) is 0. The van der Waals surface area contributed by atoms with Gasteiger partial charge in [0.2, 0.25) is 0 Å². The van der Waals surface area contributed by atoms with E-state index in [-0.39, 0.29) is 5.69 Å². The first kappa shape index (κ1) is 18.1. The third-order valence-electron chi connectivity index (χ3n) is 4.09. The van der Waals surface area contributed by atoms with Crippen molar-refractivity contribution < 1.29 is 14.8 Å². The van der Waals surface area contributed by atoms with Gasteiger partial charge in [-0.3, -0.25) is 10.1 Å². The molecule has 0 unspecified atom stereocenters. The van der Waals surface area contributed by atoms with Crippen LogP contribution in [0.5, 0.6) is 0 Å². The van der Waals surface area contributed by atoms with E-state index in [1.54, 1.807) is 0 Å². The van der Waals surface area contributed by atoms with Crippen molar-refractivity contribution in [3.63, 3.8) is 0 Å². The number of pyridine rings is 1. The molecule has 0 aliphatic heterocycles. The Morgan fingerprint density at radius 1 is 1.07 bits per heavy atom. The van der Waals surface area contributed by atoms with Crippen LogP contribution in [0.2, 0.25) is 0 Å². The molecule has 0 atom stereocenters. The summed E-state index contributed by atoms with van der Waals surface area (Å²) in [5.41, 5.74) is 3.94. The van der Waals surface area contributed by atoms with Crippen LogP contribution in [0, 0.1) is 10.1 Å². The van der Waals surface area contributed by atoms with E-state index in [1.807, 2.05) is 54.6 Å². The molecule has 0 radical (unpaired) electrons. The lowest BCUT2D eigenvalue weighted by Crippen LogP contribution is -2.23. The SMILES string of the molecule is O=C(O)NCCc1ccc(-c2ncc([N+](=O)[O-])cc2-c2ccccc2)cc1. The summed E-state index contributed by atoms with van der Waals surface area (Å²) < 4.78 is 0. The Balaban J connectivity index is 1.94. The van der Waals surface area contributed by atoms with Crippen LogP contribution in [0.25, 0.3) is 22.4 Å². The van der Waals surface area contributed by atoms with E-state index in [9.17, 15) is 14.9 Å². The number of rotatable bonds is 6. The number of nitrogens with one attached hydrogen (secondary N) is 1. The molecule has 1 heterocycles. The standard InChI is InChI=1S/C20H17N3O4/c24-20(25)21-11-10-14-6-8-16(9-7-14)19-18(15-4-2-1-3-5-15)12-17(13-22-19)23(26)27/h1-9,12-13,21H,10-11H2,(H,24,25). The third kappa shape index (κ3) is 4.46. The molecule has 2 aromatic carbocycles. The average Bonchev–Trinajstić information content (AvgIpc) is 2.68. The topological polar surface area (TPSA) is 105 Å². The van der Waals surface area contributed by atoms with Crippen molar-refractivity contribution >= 4 is 11.8 Å². The summed E-state index contributed by atoms with van der Waals surface area (Å²) in [6.07, 6.45) is 0.785. The van der Waals surface area contributed by atoms with Crippen LogP contribution in [0.3, 0.4) is 0 Å². The van der Waals surface area contributed by atoms with Crippen LogP contribution < -0.4 is 5.32 Å². The Labute approximate surface area is 155 Å². The molecule has 0 saturated carbocycles. The molecule has 3 aromatic rings. The number of amides is 1. The molecule has 136 valence electrons. The van der Waals surface area contributed by atoms with E-state index >= 15 is 0 Å². The molecule has 0 saturated heterocycles. The highest BCUT2D eigenvalue weighted by Gasteiger charge is 2.15. The number of hydrogen-bond donors (Lipinski definition) is 2. The van der Waals surface area contributed by atoms with Gasteiger partial charge in [0.15, 0.2) is 0 Å². The van der Waals surface area contributed by atoms with Gasteiger partial charge in [-0.15, -0.1) is 0 Å². The van der Waals surface area contributed by atoms with Gasteiger partial charge in [-0.1, -0.05) is 54.6 Å². The summed E-state index contributed by atoms with van der Waals surface area (Å²) in [5, 5.41) is 22.1. The molecule has 27 heavy (non-hydrogen) atoms. The highest BCUT2D eigenvalue weighted by molar-refractivity contribution is 5.82. The highest BCUT2D eigenvalue weighted by atomic mass is 16.6. The molecule has 1 aromatic heterocycles. The van der Waals surface area contributed by atoms with Gasteiger partial charge in [-0.25, -0.2) is 9.78 Å². The van der Waals surface area contributed by atoms with Crippen molar-refractivity contribution in [1.82, 2.24) is 10.3 Å². The van der Waals surface area contributed by atoms with Gasteiger partial charge in [0.1, 0.15) is 6.20 Å². The van der Waals surface area contributed by atoms with E-state index in [1.165, 1.54) is 12.3 Å². The summed E-state index contributed by atoms with van der Waals surface area (Å²) in [5.74, 6) is 0. The van der Waals surface area contributed by atoms with Gasteiger partial charge < -0.3 is 10.4 Å². The van der Waals surface area contributed by atoms with Crippen molar-refractivity contribution in [1.29, 1.82) is 0 Å². The van der Waals surface area contributed by atoms with E-state index in [0.717, 1.165) is 16.7 Å². The normalized spacial score (nSPS) is 10.4. The molecule has 0 aliphatic rings. The first-order valence-corrected chi connectivity index (χ1v) is 8.30. The smallest absolute Gasteiger partial charge is 0.404 e. The molecule has 0 bridgehead atoms. The first-order valence-electron chi connectivity index (χ1n) is 8.30. The molecule has 0 aliphatic carbocycles. The molecular weight excluding hydrogens is 346 g/mol. The number of benzene rings is 2. The molecule has 3 rings (SSSR count). The Kier molecular flexibility index (Phi) is 5.41. The quantitative estimate of drug-likeness (QED) is 0.506. The molecule has 0 spiro atoms. The largest absolute Gasteiger partial charge is 0.465 e. The first-order chi connectivity index (χ1) is 13.0. The Morgan fingerprint density at radius 2 is 1.78 bits per heavy atom. The molecule has 2 N–H and O–H groups in total. The maximum Gasteiger partial charge on any atom is 0.404 e. The maximum atomic E-state index is 11.1. The van der Waals surface area contributed by atoms with Crippen molar-refractivity contribution in [2.24, 2.45) is 0 Å². The summed E-state index contributed by atoms with van der Waals surface area (Å²) in [4.78, 5) is 25.5. The fourth-order valence-corrected chi connectivity index (χ4v) is 2.76. The maximum absolute atomic E-state index is 11.1. The van der Waals surface area contributed by atoms with Gasteiger partial charge in [0.05, 0.1) is 10.6 Å². The van der Waals surface area contributed by atoms with Crippen LogP contribution >= 0.6 is 0 Å². The number of nitro groups is 1. The van der Waals surface area contributed by atoms with Crippen molar-refractivity contribution in [2.75, 3.05) is 6.54 Å². The predicted molar refractivity (Wildman–Crippen MR) is 101 cm³/mol. The molecule has 0 fully saturated rings. The van der Waals surface area contributed by atoms with E-state index < -0.39 is 11.0 Å². The zero-order valence-electron chi connectivity index (χ0n) is 14.3. The Hall–Kier alpha value is -3.74. The third-order valence-corrected chi connectivity index (χ3v) is 4.09. The van der Waals surface area contributed by atoms with Gasteiger partial charge in [-0.2, -0.15) is 0 Å². The van der Waals surface area contributed by atoms with E-state index in [4.69, 9.17) is 5.11 Å². The lowest BCUT2D eigenvalue weighted by Gasteiger charge is -2.10. The van der Waals surface area contributed by atoms with Gasteiger partial charge in [0, 0.05) is 23.7 Å². The minimum Gasteiger partial charge on any atom is -0.465 e. The molecule has 1 amide bonds. The highest BCUT2D eigenvalue weighted by Crippen LogP contribution is 2.33. The van der Waals surface area contributed by atoms with Crippen molar-refractivity contribution in [2.45, 2.75) is 6.42 Å². The summed E-state index contributed by atoms with van der Waals surface area (Å²) >= 11 is 0. The van der Waals surface area contributed by atoms with Crippen molar-refractivity contribution in [3.05, 3.63) is 82.5 Å². The number of aromatic nitrogens is 1. The molecule has 7 nitrogen and oxygen atoms in total. The van der Waals surface area contributed by atoms with Crippen LogP contribution in [0.15, 0.2) is 66.9 Å². The fraction of sp³-hybridized carbons (Fsp3) is 0.100. The zero-order chi connectivity index (χ0) is 19.2. The number of carboxylic acid groups (broad SMARTS) is 1. The minimum absolute atomic E-state index is 0.0611. The second kappa shape index (κ2) is 8.09. The number of nitrogens with zero attached hydrogens (tertiary/aromatic N) is 2. The lowest BCUT2D eigenvalue weighted by atomic mass is 9.98.